The topological polar surface area (TPSA) is 40.5 Å². The highest BCUT2D eigenvalue weighted by atomic mass is 35.5. The number of carbonyl (C=O) groups is 1. The fraction of sp³-hybridized carbons (Fsp3) is 0.889. The zero-order valence-corrected chi connectivity index (χ0v) is 8.63. The van der Waals surface area contributed by atoms with Crippen molar-refractivity contribution in [2.75, 3.05) is 19.0 Å². The fourth-order valence-corrected chi connectivity index (χ4v) is 1.90. The number of aliphatic hydroxyl groups is 1. The summed E-state index contributed by atoms with van der Waals surface area (Å²) in [6.07, 6.45) is 1.35. The number of hydrogen-bond acceptors (Lipinski definition) is 2. The van der Waals surface area contributed by atoms with Crippen molar-refractivity contribution < 1.29 is 9.90 Å². The van der Waals surface area contributed by atoms with Crippen LogP contribution < -0.4 is 0 Å². The van der Waals surface area contributed by atoms with E-state index in [0.717, 1.165) is 6.42 Å². The first-order chi connectivity index (χ1) is 6.19. The molecule has 13 heavy (non-hydrogen) atoms. The van der Waals surface area contributed by atoms with Crippen LogP contribution in [0.4, 0.5) is 0 Å². The Kier molecular flexibility index (Phi) is 4.00. The first-order valence-corrected chi connectivity index (χ1v) is 5.24. The van der Waals surface area contributed by atoms with Crippen LogP contribution in [0.1, 0.15) is 19.8 Å². The third kappa shape index (κ3) is 2.58. The Balaban J connectivity index is 2.49. The van der Waals surface area contributed by atoms with Crippen LogP contribution in [-0.4, -0.2) is 41.0 Å². The molecule has 2 atom stereocenters. The molecule has 0 bridgehead atoms. The summed E-state index contributed by atoms with van der Waals surface area (Å²) < 4.78 is 0. The third-order valence-corrected chi connectivity index (χ3v) is 2.91. The number of hydrogen-bond donors (Lipinski definition) is 1. The minimum absolute atomic E-state index is 0.0213. The molecule has 0 unspecified atom stereocenters. The molecule has 1 rings (SSSR count). The van der Waals surface area contributed by atoms with E-state index in [4.69, 9.17) is 11.6 Å². The van der Waals surface area contributed by atoms with Gasteiger partial charge >= 0.3 is 0 Å². The molecule has 0 aromatic carbocycles. The number of carbonyl (C=O) groups excluding carboxylic acids is 1. The Bertz CT molecular complexity index is 186. The van der Waals surface area contributed by atoms with Crippen molar-refractivity contribution in [1.82, 2.24) is 4.90 Å². The second-order valence-corrected chi connectivity index (χ2v) is 3.76. The molecule has 76 valence electrons. The van der Waals surface area contributed by atoms with E-state index >= 15 is 0 Å². The molecule has 4 heteroatoms. The highest BCUT2D eigenvalue weighted by Crippen LogP contribution is 2.20. The van der Waals surface area contributed by atoms with Gasteiger partial charge in [-0.1, -0.05) is 6.92 Å². The normalized spacial score (nSPS) is 29.0. The average molecular weight is 206 g/mol. The molecule has 0 aromatic rings. The van der Waals surface area contributed by atoms with Gasteiger partial charge in [-0.25, -0.2) is 0 Å². The first-order valence-electron chi connectivity index (χ1n) is 4.70. The SMILES string of the molecule is CC[C@@H]1CN(C(=O)CCl)CC[C@H]1O. The molecule has 0 saturated carbocycles. The summed E-state index contributed by atoms with van der Waals surface area (Å²) in [5.41, 5.74) is 0. The lowest BCUT2D eigenvalue weighted by molar-refractivity contribution is -0.132. The smallest absolute Gasteiger partial charge is 0.237 e. The molecule has 1 aliphatic heterocycles. The van der Waals surface area contributed by atoms with E-state index < -0.39 is 0 Å². The van der Waals surface area contributed by atoms with E-state index in [1.54, 1.807) is 4.90 Å². The Morgan fingerprint density at radius 2 is 2.38 bits per heavy atom. The monoisotopic (exact) mass is 205 g/mol. The Hall–Kier alpha value is -0.280. The van der Waals surface area contributed by atoms with Crippen molar-refractivity contribution in [2.24, 2.45) is 5.92 Å². The number of piperidine rings is 1. The second kappa shape index (κ2) is 4.82. The standard InChI is InChI=1S/C9H16ClNO2/c1-2-7-6-11(9(13)5-10)4-3-8(7)12/h7-8,12H,2-6H2,1H3/t7-,8-/m1/s1. The quantitative estimate of drug-likeness (QED) is 0.679. The maximum atomic E-state index is 11.2. The summed E-state index contributed by atoms with van der Waals surface area (Å²) in [4.78, 5) is 13.0. The van der Waals surface area contributed by atoms with Gasteiger partial charge in [0, 0.05) is 19.0 Å². The van der Waals surface area contributed by atoms with Crippen LogP contribution in [0.25, 0.3) is 0 Å². The van der Waals surface area contributed by atoms with Gasteiger partial charge in [-0.15, -0.1) is 11.6 Å². The lowest BCUT2D eigenvalue weighted by Gasteiger charge is -2.35. The zero-order chi connectivity index (χ0) is 9.84. The summed E-state index contributed by atoms with van der Waals surface area (Å²) in [5, 5.41) is 9.57. The summed E-state index contributed by atoms with van der Waals surface area (Å²) in [5.74, 6) is 0.250. The van der Waals surface area contributed by atoms with Crippen LogP contribution >= 0.6 is 11.6 Å². The number of amides is 1. The van der Waals surface area contributed by atoms with E-state index in [1.807, 2.05) is 6.92 Å². The van der Waals surface area contributed by atoms with Gasteiger partial charge in [0.25, 0.3) is 0 Å². The van der Waals surface area contributed by atoms with Crippen molar-refractivity contribution in [3.8, 4) is 0 Å². The molecule has 0 spiro atoms. The maximum Gasteiger partial charge on any atom is 0.237 e. The molecular weight excluding hydrogens is 190 g/mol. The molecule has 1 heterocycles. The molecule has 0 radical (unpaired) electrons. The van der Waals surface area contributed by atoms with Gasteiger partial charge < -0.3 is 10.0 Å². The average Bonchev–Trinajstić information content (AvgIpc) is 2.17. The summed E-state index contributed by atoms with van der Waals surface area (Å²) in [6.45, 7) is 3.33. The lowest BCUT2D eigenvalue weighted by atomic mass is 9.92. The van der Waals surface area contributed by atoms with Gasteiger partial charge in [-0.3, -0.25) is 4.79 Å². The molecule has 0 aromatic heterocycles. The Morgan fingerprint density at radius 3 is 2.92 bits per heavy atom. The highest BCUT2D eigenvalue weighted by Gasteiger charge is 2.28. The molecule has 1 aliphatic rings. The van der Waals surface area contributed by atoms with Crippen LogP contribution in [0, 0.1) is 5.92 Å². The third-order valence-electron chi connectivity index (χ3n) is 2.69. The number of nitrogens with zero attached hydrogens (tertiary/aromatic N) is 1. The van der Waals surface area contributed by atoms with Gasteiger partial charge in [0.1, 0.15) is 5.88 Å². The molecule has 1 N–H and O–H groups in total. The van der Waals surface area contributed by atoms with Crippen LogP contribution in [-0.2, 0) is 4.79 Å². The van der Waals surface area contributed by atoms with Crippen molar-refractivity contribution in [3.05, 3.63) is 0 Å². The van der Waals surface area contributed by atoms with E-state index in [-0.39, 0.29) is 23.8 Å². The molecule has 1 saturated heterocycles. The van der Waals surface area contributed by atoms with E-state index in [9.17, 15) is 9.90 Å². The first kappa shape index (κ1) is 10.8. The highest BCUT2D eigenvalue weighted by molar-refractivity contribution is 6.27. The van der Waals surface area contributed by atoms with Crippen molar-refractivity contribution in [1.29, 1.82) is 0 Å². The Morgan fingerprint density at radius 1 is 1.69 bits per heavy atom. The predicted molar refractivity (Wildman–Crippen MR) is 51.7 cm³/mol. The predicted octanol–water partition coefficient (Wildman–Crippen LogP) is 0.845. The zero-order valence-electron chi connectivity index (χ0n) is 7.87. The van der Waals surface area contributed by atoms with Crippen molar-refractivity contribution in [2.45, 2.75) is 25.9 Å². The maximum absolute atomic E-state index is 11.2. The fourth-order valence-electron chi connectivity index (χ4n) is 1.73. The van der Waals surface area contributed by atoms with Gasteiger partial charge in [0.15, 0.2) is 0 Å². The van der Waals surface area contributed by atoms with Crippen LogP contribution in [0.3, 0.4) is 0 Å². The minimum atomic E-state index is -0.246. The van der Waals surface area contributed by atoms with E-state index in [0.29, 0.717) is 19.5 Å². The number of likely N-dealkylation sites (tertiary alicyclic amines) is 1. The van der Waals surface area contributed by atoms with Gasteiger partial charge in [0.2, 0.25) is 5.91 Å². The van der Waals surface area contributed by atoms with Crippen LogP contribution in [0.5, 0.6) is 0 Å². The lowest BCUT2D eigenvalue weighted by Crippen LogP contribution is -2.46. The van der Waals surface area contributed by atoms with E-state index in [1.165, 1.54) is 0 Å². The summed E-state index contributed by atoms with van der Waals surface area (Å²) in [7, 11) is 0. The minimum Gasteiger partial charge on any atom is -0.393 e. The van der Waals surface area contributed by atoms with Crippen LogP contribution in [0.2, 0.25) is 0 Å². The summed E-state index contributed by atoms with van der Waals surface area (Å²) >= 11 is 5.46. The van der Waals surface area contributed by atoms with Crippen molar-refractivity contribution in [3.63, 3.8) is 0 Å². The van der Waals surface area contributed by atoms with Crippen LogP contribution in [0.15, 0.2) is 0 Å². The number of rotatable bonds is 2. The van der Waals surface area contributed by atoms with Gasteiger partial charge in [-0.05, 0) is 12.8 Å². The number of halogens is 1. The van der Waals surface area contributed by atoms with Gasteiger partial charge in [0.05, 0.1) is 6.10 Å². The molecule has 3 nitrogen and oxygen atoms in total. The number of aliphatic hydroxyl groups excluding tert-OH is 1. The van der Waals surface area contributed by atoms with Crippen molar-refractivity contribution >= 4 is 17.5 Å². The van der Waals surface area contributed by atoms with Gasteiger partial charge in [-0.2, -0.15) is 0 Å². The number of alkyl halides is 1. The molecule has 1 amide bonds. The largest absolute Gasteiger partial charge is 0.393 e. The van der Waals surface area contributed by atoms with E-state index in [2.05, 4.69) is 0 Å². The molecule has 1 fully saturated rings. The Labute approximate surface area is 83.7 Å². The second-order valence-electron chi connectivity index (χ2n) is 3.50. The molecular formula is C9H16ClNO2. The molecule has 0 aliphatic carbocycles. The summed E-state index contributed by atoms with van der Waals surface area (Å²) in [6, 6.07) is 0.